The highest BCUT2D eigenvalue weighted by Gasteiger charge is 2.55. The molecular formula is C20H23F3N4O3. The first-order valence-electron chi connectivity index (χ1n) is 9.99. The largest absolute Gasteiger partial charge is 0.407 e. The Kier molecular flexibility index (Phi) is 5.31. The fourth-order valence-corrected chi connectivity index (χ4v) is 4.43. The van der Waals surface area contributed by atoms with Gasteiger partial charge in [-0.25, -0.2) is 0 Å². The molecule has 0 saturated carbocycles. The number of amides is 3. The summed E-state index contributed by atoms with van der Waals surface area (Å²) in [6, 6.07) is 4.52. The Morgan fingerprint density at radius 1 is 1.23 bits per heavy atom. The maximum atomic E-state index is 13.4. The SMILES string of the molecule is O=C1CCC(N2Cc3ccc(CNCC4(C(F)(F)F)CCCN4)cc3C2=O)C(=O)N1. The van der Waals surface area contributed by atoms with Crippen LogP contribution in [0, 0.1) is 0 Å². The second kappa shape index (κ2) is 7.66. The lowest BCUT2D eigenvalue weighted by molar-refractivity contribution is -0.190. The fraction of sp³-hybridized carbons (Fsp3) is 0.550. The predicted molar refractivity (Wildman–Crippen MR) is 100 cm³/mol. The third-order valence-electron chi connectivity index (χ3n) is 6.13. The summed E-state index contributed by atoms with van der Waals surface area (Å²) < 4.78 is 40.3. The number of piperidine rings is 1. The molecule has 0 bridgehead atoms. The summed E-state index contributed by atoms with van der Waals surface area (Å²) in [6.45, 7) is 0.558. The zero-order chi connectivity index (χ0) is 21.5. The van der Waals surface area contributed by atoms with E-state index in [-0.39, 0.29) is 50.7 Å². The highest BCUT2D eigenvalue weighted by atomic mass is 19.4. The van der Waals surface area contributed by atoms with E-state index in [2.05, 4.69) is 16.0 Å². The Morgan fingerprint density at radius 3 is 2.70 bits per heavy atom. The molecule has 1 aromatic carbocycles. The number of halogens is 3. The average molecular weight is 424 g/mol. The van der Waals surface area contributed by atoms with Crippen LogP contribution in [0.2, 0.25) is 0 Å². The molecule has 1 aromatic rings. The van der Waals surface area contributed by atoms with Gasteiger partial charge >= 0.3 is 6.18 Å². The van der Waals surface area contributed by atoms with Gasteiger partial charge in [-0.3, -0.25) is 19.7 Å². The summed E-state index contributed by atoms with van der Waals surface area (Å²) in [5, 5.41) is 7.71. The molecule has 2 saturated heterocycles. The molecule has 2 atom stereocenters. The van der Waals surface area contributed by atoms with E-state index in [0.29, 0.717) is 24.1 Å². The molecule has 4 rings (SSSR count). The number of hydrogen-bond donors (Lipinski definition) is 3. The average Bonchev–Trinajstić information content (AvgIpc) is 3.28. The van der Waals surface area contributed by atoms with Gasteiger partial charge in [-0.1, -0.05) is 12.1 Å². The lowest BCUT2D eigenvalue weighted by Crippen LogP contribution is -2.58. The van der Waals surface area contributed by atoms with Gasteiger partial charge in [0.2, 0.25) is 11.8 Å². The maximum absolute atomic E-state index is 13.4. The minimum atomic E-state index is -4.34. The first kappa shape index (κ1) is 20.8. The van der Waals surface area contributed by atoms with Gasteiger partial charge in [0.05, 0.1) is 0 Å². The number of hydrogen-bond acceptors (Lipinski definition) is 5. The third-order valence-corrected chi connectivity index (χ3v) is 6.13. The minimum absolute atomic E-state index is 0.0348. The van der Waals surface area contributed by atoms with Gasteiger partial charge < -0.3 is 15.5 Å². The van der Waals surface area contributed by atoms with E-state index in [0.717, 1.165) is 5.56 Å². The van der Waals surface area contributed by atoms with Gasteiger partial charge in [0.15, 0.2) is 0 Å². The molecule has 3 N–H and O–H groups in total. The van der Waals surface area contributed by atoms with Crippen LogP contribution in [-0.2, 0) is 22.7 Å². The molecule has 3 heterocycles. The van der Waals surface area contributed by atoms with Gasteiger partial charge in [-0.15, -0.1) is 0 Å². The van der Waals surface area contributed by atoms with Crippen LogP contribution in [0.3, 0.4) is 0 Å². The summed E-state index contributed by atoms with van der Waals surface area (Å²) in [5.74, 6) is -1.12. The zero-order valence-corrected chi connectivity index (χ0v) is 16.3. The summed E-state index contributed by atoms with van der Waals surface area (Å²) in [6.07, 6.45) is -3.36. The number of alkyl halides is 3. The quantitative estimate of drug-likeness (QED) is 0.619. The normalized spacial score (nSPS) is 26.8. The molecule has 0 spiro atoms. The van der Waals surface area contributed by atoms with Gasteiger partial charge in [0.1, 0.15) is 11.6 Å². The van der Waals surface area contributed by atoms with Crippen molar-refractivity contribution in [3.63, 3.8) is 0 Å². The predicted octanol–water partition coefficient (Wildman–Crippen LogP) is 1.22. The molecule has 0 aliphatic carbocycles. The van der Waals surface area contributed by atoms with Crippen molar-refractivity contribution in [3.8, 4) is 0 Å². The number of benzene rings is 1. The lowest BCUT2D eigenvalue weighted by Gasteiger charge is -2.32. The van der Waals surface area contributed by atoms with Crippen LogP contribution >= 0.6 is 0 Å². The van der Waals surface area contributed by atoms with E-state index in [4.69, 9.17) is 0 Å². The highest BCUT2D eigenvalue weighted by molar-refractivity contribution is 6.05. The maximum Gasteiger partial charge on any atom is 0.407 e. The van der Waals surface area contributed by atoms with Crippen LogP contribution in [-0.4, -0.2) is 53.5 Å². The Morgan fingerprint density at radius 2 is 2.03 bits per heavy atom. The van der Waals surface area contributed by atoms with Gasteiger partial charge in [-0.2, -0.15) is 13.2 Å². The number of rotatable bonds is 5. The molecule has 30 heavy (non-hydrogen) atoms. The van der Waals surface area contributed by atoms with Crippen molar-refractivity contribution in [1.82, 2.24) is 20.9 Å². The smallest absolute Gasteiger partial charge is 0.322 e. The van der Waals surface area contributed by atoms with Crippen molar-refractivity contribution in [3.05, 3.63) is 34.9 Å². The van der Waals surface area contributed by atoms with E-state index < -0.39 is 23.7 Å². The van der Waals surface area contributed by atoms with E-state index in [1.54, 1.807) is 18.2 Å². The molecule has 162 valence electrons. The summed E-state index contributed by atoms with van der Waals surface area (Å²) in [5.41, 5.74) is -0.00832. The van der Waals surface area contributed by atoms with E-state index in [1.165, 1.54) is 4.90 Å². The van der Waals surface area contributed by atoms with Crippen molar-refractivity contribution in [2.45, 2.75) is 56.5 Å². The van der Waals surface area contributed by atoms with Gasteiger partial charge in [0, 0.05) is 31.6 Å². The first-order chi connectivity index (χ1) is 14.2. The number of carbonyl (C=O) groups is 3. The molecule has 2 unspecified atom stereocenters. The highest BCUT2D eigenvalue weighted by Crippen LogP contribution is 2.36. The number of fused-ring (bicyclic) bond motifs is 1. The molecule has 0 radical (unpaired) electrons. The van der Waals surface area contributed by atoms with Gasteiger partial charge in [-0.05, 0) is 43.0 Å². The summed E-state index contributed by atoms with van der Waals surface area (Å²) in [4.78, 5) is 37.7. The summed E-state index contributed by atoms with van der Waals surface area (Å²) >= 11 is 0. The lowest BCUT2D eigenvalue weighted by atomic mass is 9.96. The standard InChI is InChI=1S/C20H23F3N4O3/c21-20(22,23)19(6-1-7-25-19)11-24-9-12-2-3-13-10-27(18(30)14(13)8-12)15-4-5-16(28)26-17(15)29/h2-3,8,15,24-25H,1,4-7,9-11H2,(H,26,28,29). The topological polar surface area (TPSA) is 90.5 Å². The Labute approximate surface area is 171 Å². The third kappa shape index (κ3) is 3.69. The van der Waals surface area contributed by atoms with Crippen LogP contribution in [0.25, 0.3) is 0 Å². The Hall–Kier alpha value is -2.46. The minimum Gasteiger partial charge on any atom is -0.322 e. The van der Waals surface area contributed by atoms with Gasteiger partial charge in [0.25, 0.3) is 5.91 Å². The molecule has 7 nitrogen and oxygen atoms in total. The monoisotopic (exact) mass is 424 g/mol. The zero-order valence-electron chi connectivity index (χ0n) is 16.3. The Balaban J connectivity index is 1.41. The molecular weight excluding hydrogens is 401 g/mol. The van der Waals surface area contributed by atoms with Crippen LogP contribution in [0.15, 0.2) is 18.2 Å². The number of carbonyl (C=O) groups excluding carboxylic acids is 3. The van der Waals surface area contributed by atoms with Crippen molar-refractivity contribution in [2.75, 3.05) is 13.1 Å². The van der Waals surface area contributed by atoms with E-state index in [1.807, 2.05) is 0 Å². The second-order valence-corrected chi connectivity index (χ2v) is 8.11. The number of nitrogens with one attached hydrogen (secondary N) is 3. The number of imide groups is 1. The molecule has 0 aromatic heterocycles. The van der Waals surface area contributed by atoms with Crippen molar-refractivity contribution < 1.29 is 27.6 Å². The van der Waals surface area contributed by atoms with E-state index in [9.17, 15) is 27.6 Å². The molecule has 2 fully saturated rings. The van der Waals surface area contributed by atoms with Crippen molar-refractivity contribution in [1.29, 1.82) is 0 Å². The van der Waals surface area contributed by atoms with Crippen molar-refractivity contribution in [2.24, 2.45) is 0 Å². The van der Waals surface area contributed by atoms with Crippen LogP contribution in [0.4, 0.5) is 13.2 Å². The van der Waals surface area contributed by atoms with E-state index >= 15 is 0 Å². The molecule has 3 aliphatic rings. The molecule has 3 aliphatic heterocycles. The number of nitrogens with zero attached hydrogens (tertiary/aromatic N) is 1. The van der Waals surface area contributed by atoms with Crippen LogP contribution in [0.1, 0.15) is 47.2 Å². The summed E-state index contributed by atoms with van der Waals surface area (Å²) in [7, 11) is 0. The molecule has 10 heteroatoms. The second-order valence-electron chi connectivity index (χ2n) is 8.11. The van der Waals surface area contributed by atoms with Crippen molar-refractivity contribution >= 4 is 17.7 Å². The van der Waals surface area contributed by atoms with Crippen LogP contribution in [0.5, 0.6) is 0 Å². The molecule has 3 amide bonds. The Bertz CT molecular complexity index is 881. The first-order valence-corrected chi connectivity index (χ1v) is 9.99. The fourth-order valence-electron chi connectivity index (χ4n) is 4.43. The van der Waals surface area contributed by atoms with Crippen LogP contribution < -0.4 is 16.0 Å².